The molecule has 7 heteroatoms. The van der Waals surface area contributed by atoms with Crippen LogP contribution in [0.1, 0.15) is 19.4 Å². The number of amides is 2. The van der Waals surface area contributed by atoms with E-state index in [0.29, 0.717) is 5.75 Å². The van der Waals surface area contributed by atoms with Gasteiger partial charge < -0.3 is 10.1 Å². The molecule has 0 fully saturated rings. The van der Waals surface area contributed by atoms with E-state index in [1.807, 2.05) is 25.1 Å². The van der Waals surface area contributed by atoms with Crippen molar-refractivity contribution < 1.29 is 14.3 Å². The summed E-state index contributed by atoms with van der Waals surface area (Å²) in [4.78, 5) is 23.0. The molecule has 1 aromatic rings. The van der Waals surface area contributed by atoms with Gasteiger partial charge in [0, 0.05) is 5.92 Å². The molecule has 0 atom stereocenters. The third kappa shape index (κ3) is 6.22. The predicted octanol–water partition coefficient (Wildman–Crippen LogP) is 1.05. The van der Waals surface area contributed by atoms with Gasteiger partial charge in [-0.2, -0.15) is 0 Å². The number of ether oxygens (including phenoxy) is 1. The summed E-state index contributed by atoms with van der Waals surface area (Å²) in [6.45, 7) is 5.22. The van der Waals surface area contributed by atoms with Crippen molar-refractivity contribution in [3.63, 3.8) is 0 Å². The summed E-state index contributed by atoms with van der Waals surface area (Å²) in [6, 6.07) is 7.39. The Hall–Kier alpha value is -2.15. The molecule has 1 aromatic carbocycles. The van der Waals surface area contributed by atoms with Gasteiger partial charge in [0.1, 0.15) is 5.75 Å². The molecule has 0 saturated heterocycles. The van der Waals surface area contributed by atoms with E-state index in [1.165, 1.54) is 0 Å². The smallest absolute Gasteiger partial charge is 0.276 e. The maximum Gasteiger partial charge on any atom is 0.276 e. The molecule has 0 heterocycles. The van der Waals surface area contributed by atoms with Gasteiger partial charge in [-0.15, -0.1) is 0 Å². The van der Waals surface area contributed by atoms with Crippen LogP contribution < -0.4 is 20.9 Å². The molecular formula is C14H19N3O3S. The maximum atomic E-state index is 11.6. The van der Waals surface area contributed by atoms with Crippen molar-refractivity contribution >= 4 is 29.1 Å². The Morgan fingerprint density at radius 2 is 1.90 bits per heavy atom. The Balaban J connectivity index is 2.30. The molecule has 0 aliphatic carbocycles. The second-order valence-electron chi connectivity index (χ2n) is 4.70. The van der Waals surface area contributed by atoms with Gasteiger partial charge in [-0.3, -0.25) is 20.4 Å². The van der Waals surface area contributed by atoms with Crippen LogP contribution in [-0.4, -0.2) is 23.5 Å². The fourth-order valence-corrected chi connectivity index (χ4v) is 1.46. The number of para-hydroxylation sites is 1. The SMILES string of the molecule is Cc1ccccc1OCC(=O)NNC(=S)NC(=O)C(C)C. The minimum absolute atomic E-state index is 0.0398. The summed E-state index contributed by atoms with van der Waals surface area (Å²) in [5.74, 6) is -0.175. The third-order valence-corrected chi connectivity index (χ3v) is 2.73. The highest BCUT2D eigenvalue weighted by atomic mass is 32.1. The van der Waals surface area contributed by atoms with Crippen molar-refractivity contribution in [2.75, 3.05) is 6.61 Å². The number of carbonyl (C=O) groups is 2. The number of thiocarbonyl (C=S) groups is 1. The molecule has 0 aliphatic heterocycles. The lowest BCUT2D eigenvalue weighted by Crippen LogP contribution is -2.50. The molecule has 0 aliphatic rings. The van der Waals surface area contributed by atoms with E-state index in [-0.39, 0.29) is 23.5 Å². The van der Waals surface area contributed by atoms with Gasteiger partial charge >= 0.3 is 0 Å². The molecular weight excluding hydrogens is 290 g/mol. The molecule has 21 heavy (non-hydrogen) atoms. The van der Waals surface area contributed by atoms with Crippen molar-refractivity contribution in [2.45, 2.75) is 20.8 Å². The monoisotopic (exact) mass is 309 g/mol. The Labute approximate surface area is 129 Å². The molecule has 114 valence electrons. The normalized spacial score (nSPS) is 9.90. The molecule has 0 unspecified atom stereocenters. The van der Waals surface area contributed by atoms with Crippen molar-refractivity contribution in [1.82, 2.24) is 16.2 Å². The highest BCUT2D eigenvalue weighted by Gasteiger charge is 2.09. The number of hydrogen-bond acceptors (Lipinski definition) is 4. The first kappa shape index (κ1) is 16.9. The van der Waals surface area contributed by atoms with Crippen molar-refractivity contribution in [3.05, 3.63) is 29.8 Å². The van der Waals surface area contributed by atoms with Gasteiger partial charge in [0.15, 0.2) is 11.7 Å². The number of hydrazine groups is 1. The first-order valence-electron chi connectivity index (χ1n) is 6.48. The van der Waals surface area contributed by atoms with Gasteiger partial charge in [0.25, 0.3) is 5.91 Å². The van der Waals surface area contributed by atoms with Crippen LogP contribution in [-0.2, 0) is 9.59 Å². The largest absolute Gasteiger partial charge is 0.483 e. The van der Waals surface area contributed by atoms with E-state index >= 15 is 0 Å². The van der Waals surface area contributed by atoms with Crippen LogP contribution in [0.4, 0.5) is 0 Å². The van der Waals surface area contributed by atoms with Gasteiger partial charge in [-0.05, 0) is 30.8 Å². The third-order valence-electron chi connectivity index (χ3n) is 2.53. The number of rotatable bonds is 4. The van der Waals surface area contributed by atoms with Crippen LogP contribution in [0.2, 0.25) is 0 Å². The molecule has 0 aromatic heterocycles. The number of aryl methyl sites for hydroxylation is 1. The van der Waals surface area contributed by atoms with Gasteiger partial charge in [-0.1, -0.05) is 32.0 Å². The van der Waals surface area contributed by atoms with Crippen LogP contribution in [0.15, 0.2) is 24.3 Å². The standard InChI is InChI=1S/C14H19N3O3S/c1-9(2)13(19)15-14(21)17-16-12(18)8-20-11-7-5-4-6-10(11)3/h4-7,9H,8H2,1-3H3,(H,16,18)(H2,15,17,19,21). The van der Waals surface area contributed by atoms with Crippen molar-refractivity contribution in [3.8, 4) is 5.75 Å². The van der Waals surface area contributed by atoms with E-state index in [4.69, 9.17) is 17.0 Å². The van der Waals surface area contributed by atoms with Crippen molar-refractivity contribution in [1.29, 1.82) is 0 Å². The summed E-state index contributed by atoms with van der Waals surface area (Å²) in [5, 5.41) is 2.48. The fraction of sp³-hybridized carbons (Fsp3) is 0.357. The molecule has 6 nitrogen and oxygen atoms in total. The van der Waals surface area contributed by atoms with E-state index < -0.39 is 5.91 Å². The quantitative estimate of drug-likeness (QED) is 0.572. The second kappa shape index (κ2) is 8.21. The molecule has 0 saturated carbocycles. The summed E-state index contributed by atoms with van der Waals surface area (Å²) in [7, 11) is 0. The highest BCUT2D eigenvalue weighted by Crippen LogP contribution is 2.15. The Morgan fingerprint density at radius 1 is 1.24 bits per heavy atom. The number of nitrogens with one attached hydrogen (secondary N) is 3. The van der Waals surface area contributed by atoms with E-state index in [2.05, 4.69) is 16.2 Å². The van der Waals surface area contributed by atoms with E-state index in [0.717, 1.165) is 5.56 Å². The highest BCUT2D eigenvalue weighted by molar-refractivity contribution is 7.80. The maximum absolute atomic E-state index is 11.6. The first-order valence-corrected chi connectivity index (χ1v) is 6.89. The summed E-state index contributed by atoms with van der Waals surface area (Å²) in [6.07, 6.45) is 0. The lowest BCUT2D eigenvalue weighted by atomic mass is 10.2. The fourth-order valence-electron chi connectivity index (χ4n) is 1.31. The molecule has 0 radical (unpaired) electrons. The summed E-state index contributed by atoms with van der Waals surface area (Å²) in [5.41, 5.74) is 5.73. The Morgan fingerprint density at radius 3 is 2.52 bits per heavy atom. The molecule has 0 spiro atoms. The van der Waals surface area contributed by atoms with Crippen LogP contribution >= 0.6 is 12.2 Å². The Bertz CT molecular complexity index is 532. The molecule has 2 amide bonds. The average Bonchev–Trinajstić information content (AvgIpc) is 2.44. The Kier molecular flexibility index (Phi) is 6.61. The van der Waals surface area contributed by atoms with E-state index in [9.17, 15) is 9.59 Å². The summed E-state index contributed by atoms with van der Waals surface area (Å²) >= 11 is 4.87. The average molecular weight is 309 g/mol. The lowest BCUT2D eigenvalue weighted by Gasteiger charge is -2.13. The van der Waals surface area contributed by atoms with Crippen LogP contribution in [0.25, 0.3) is 0 Å². The van der Waals surface area contributed by atoms with Gasteiger partial charge in [-0.25, -0.2) is 0 Å². The first-order chi connectivity index (χ1) is 9.90. The zero-order valence-electron chi connectivity index (χ0n) is 12.2. The summed E-state index contributed by atoms with van der Waals surface area (Å²) < 4.78 is 5.37. The number of hydrogen-bond donors (Lipinski definition) is 3. The van der Waals surface area contributed by atoms with Crippen LogP contribution in [0.5, 0.6) is 5.75 Å². The van der Waals surface area contributed by atoms with Gasteiger partial charge in [0.05, 0.1) is 0 Å². The van der Waals surface area contributed by atoms with Crippen LogP contribution in [0, 0.1) is 12.8 Å². The number of carbonyl (C=O) groups excluding carboxylic acids is 2. The van der Waals surface area contributed by atoms with Crippen molar-refractivity contribution in [2.24, 2.45) is 5.92 Å². The van der Waals surface area contributed by atoms with Gasteiger partial charge in [0.2, 0.25) is 5.91 Å². The van der Waals surface area contributed by atoms with Crippen LogP contribution in [0.3, 0.4) is 0 Å². The predicted molar refractivity (Wildman–Crippen MR) is 83.5 cm³/mol. The minimum Gasteiger partial charge on any atom is -0.483 e. The zero-order valence-corrected chi connectivity index (χ0v) is 13.0. The van der Waals surface area contributed by atoms with E-state index in [1.54, 1.807) is 19.9 Å². The molecule has 3 N–H and O–H groups in total. The molecule has 1 rings (SSSR count). The zero-order chi connectivity index (χ0) is 15.8. The number of benzene rings is 1. The molecule has 0 bridgehead atoms. The second-order valence-corrected chi connectivity index (χ2v) is 5.11. The minimum atomic E-state index is -0.403. The topological polar surface area (TPSA) is 79.5 Å². The lowest BCUT2D eigenvalue weighted by molar-refractivity contribution is -0.124.